The fraction of sp³-hybridized carbons (Fsp3) is 0.148. The lowest BCUT2D eigenvalue weighted by molar-refractivity contribution is 0.355. The summed E-state index contributed by atoms with van der Waals surface area (Å²) in [5.74, 6) is 5.04. The average molecular weight is 823 g/mol. The fourth-order valence-corrected chi connectivity index (χ4v) is 9.01. The molecule has 0 aliphatic heterocycles. The summed E-state index contributed by atoms with van der Waals surface area (Å²) in [6, 6.07) is 46.1. The van der Waals surface area contributed by atoms with E-state index in [4.69, 9.17) is 37.9 Å². The zero-order chi connectivity index (χ0) is 43.1. The molecule has 9 rings (SSSR count). The predicted octanol–water partition coefficient (Wildman–Crippen LogP) is 13.0. The Labute approximate surface area is 360 Å². The number of rotatable bonds is 12. The van der Waals surface area contributed by atoms with Crippen LogP contribution in [0, 0.1) is 0 Å². The molecule has 62 heavy (non-hydrogen) atoms. The van der Waals surface area contributed by atoms with Gasteiger partial charge in [0, 0.05) is 0 Å². The lowest BCUT2D eigenvalue weighted by atomic mass is 9.83. The summed E-state index contributed by atoms with van der Waals surface area (Å²) in [4.78, 5) is 0. The maximum atomic E-state index is 5.94. The molecular formula is C54H46O8. The quantitative estimate of drug-likeness (QED) is 0.113. The van der Waals surface area contributed by atoms with E-state index in [1.807, 2.05) is 12.1 Å². The standard InChI is InChI=1S/C54H46O8/c1-55-43-23-35-39(27-47(43)59-5)53(40-28-48(60-6)44(56-2)24-36(40)51(35)31-15-11-9-12-16-31)33-19-21-34(22-20-33)54-41-29-49(61-7)45(57-3)25-37(41)52(32-17-13-10-14-18-32)38-26-46(58-4)50(62-8)30-42(38)54/h9-30H,1-8H3. The van der Waals surface area contributed by atoms with Gasteiger partial charge in [0.2, 0.25) is 0 Å². The molecule has 0 bridgehead atoms. The second-order valence-electron chi connectivity index (χ2n) is 14.8. The summed E-state index contributed by atoms with van der Waals surface area (Å²) >= 11 is 0. The van der Waals surface area contributed by atoms with Crippen LogP contribution in [-0.4, -0.2) is 56.9 Å². The molecule has 8 nitrogen and oxygen atoms in total. The van der Waals surface area contributed by atoms with E-state index in [9.17, 15) is 0 Å². The molecule has 0 aliphatic rings. The van der Waals surface area contributed by atoms with Crippen molar-refractivity contribution in [1.82, 2.24) is 0 Å². The van der Waals surface area contributed by atoms with Gasteiger partial charge in [0.1, 0.15) is 0 Å². The number of ether oxygens (including phenoxy) is 8. The van der Waals surface area contributed by atoms with Crippen LogP contribution in [0.5, 0.6) is 46.0 Å². The summed E-state index contributed by atoms with van der Waals surface area (Å²) < 4.78 is 47.4. The average Bonchev–Trinajstić information content (AvgIpc) is 3.33. The van der Waals surface area contributed by atoms with Crippen LogP contribution in [0.2, 0.25) is 0 Å². The first-order valence-electron chi connectivity index (χ1n) is 20.2. The number of hydrogen-bond donors (Lipinski definition) is 0. The van der Waals surface area contributed by atoms with Crippen LogP contribution < -0.4 is 37.9 Å². The van der Waals surface area contributed by atoms with E-state index in [0.29, 0.717) is 46.0 Å². The van der Waals surface area contributed by atoms with Crippen LogP contribution in [0.3, 0.4) is 0 Å². The third kappa shape index (κ3) is 6.46. The molecule has 0 N–H and O–H groups in total. The van der Waals surface area contributed by atoms with Gasteiger partial charge in [-0.1, -0.05) is 84.9 Å². The highest BCUT2D eigenvalue weighted by Gasteiger charge is 2.25. The topological polar surface area (TPSA) is 73.8 Å². The summed E-state index contributed by atoms with van der Waals surface area (Å²) in [5, 5.41) is 7.98. The van der Waals surface area contributed by atoms with Gasteiger partial charge in [-0.15, -0.1) is 0 Å². The largest absolute Gasteiger partial charge is 0.493 e. The molecule has 9 aromatic rings. The van der Waals surface area contributed by atoms with E-state index in [1.165, 1.54) is 0 Å². The van der Waals surface area contributed by atoms with Crippen molar-refractivity contribution < 1.29 is 37.9 Å². The molecule has 0 spiro atoms. The maximum absolute atomic E-state index is 5.94. The number of hydrogen-bond acceptors (Lipinski definition) is 8. The Morgan fingerprint density at radius 2 is 0.371 bits per heavy atom. The molecule has 8 heteroatoms. The van der Waals surface area contributed by atoms with Crippen LogP contribution >= 0.6 is 0 Å². The highest BCUT2D eigenvalue weighted by molar-refractivity contribution is 6.24. The summed E-state index contributed by atoms with van der Waals surface area (Å²) in [6.45, 7) is 0. The van der Waals surface area contributed by atoms with Crippen molar-refractivity contribution >= 4 is 43.1 Å². The normalized spacial score (nSPS) is 11.2. The lowest BCUT2D eigenvalue weighted by Gasteiger charge is -2.22. The molecule has 0 saturated heterocycles. The first-order valence-corrected chi connectivity index (χ1v) is 20.2. The van der Waals surface area contributed by atoms with E-state index in [-0.39, 0.29) is 0 Å². The van der Waals surface area contributed by atoms with Crippen LogP contribution in [0.4, 0.5) is 0 Å². The highest BCUT2D eigenvalue weighted by Crippen LogP contribution is 2.52. The van der Waals surface area contributed by atoms with Gasteiger partial charge in [0.05, 0.1) is 56.9 Å². The molecule has 0 aromatic heterocycles. The monoisotopic (exact) mass is 822 g/mol. The van der Waals surface area contributed by atoms with Crippen molar-refractivity contribution in [3.05, 3.63) is 133 Å². The van der Waals surface area contributed by atoms with Gasteiger partial charge in [0.15, 0.2) is 46.0 Å². The van der Waals surface area contributed by atoms with E-state index < -0.39 is 0 Å². The van der Waals surface area contributed by atoms with Crippen molar-refractivity contribution in [3.63, 3.8) is 0 Å². The predicted molar refractivity (Wildman–Crippen MR) is 251 cm³/mol. The second kappa shape index (κ2) is 16.5. The van der Waals surface area contributed by atoms with Crippen molar-refractivity contribution in [1.29, 1.82) is 0 Å². The Balaban J connectivity index is 1.39. The Morgan fingerprint density at radius 1 is 0.210 bits per heavy atom. The van der Waals surface area contributed by atoms with Gasteiger partial charge in [-0.2, -0.15) is 0 Å². The summed E-state index contributed by atoms with van der Waals surface area (Å²) in [5.41, 5.74) is 8.21. The van der Waals surface area contributed by atoms with E-state index in [2.05, 4.69) is 121 Å². The SMILES string of the molecule is COc1cc2c(-c3ccccc3)c3cc(OC)c(OC)cc3c(-c3ccc(-c4c5cc(OC)c(OC)cc5c(-c5ccccc5)c5cc(OC)c(OC)cc45)cc3)c2cc1OC. The molecule has 0 heterocycles. The number of methoxy groups -OCH3 is 8. The third-order valence-corrected chi connectivity index (χ3v) is 11.8. The van der Waals surface area contributed by atoms with Gasteiger partial charge < -0.3 is 37.9 Å². The zero-order valence-corrected chi connectivity index (χ0v) is 36.0. The van der Waals surface area contributed by atoms with Crippen LogP contribution in [0.15, 0.2) is 133 Å². The molecule has 0 amide bonds. The van der Waals surface area contributed by atoms with Gasteiger partial charge in [-0.25, -0.2) is 0 Å². The van der Waals surface area contributed by atoms with Gasteiger partial charge in [-0.05, 0) is 136 Å². The van der Waals surface area contributed by atoms with E-state index >= 15 is 0 Å². The van der Waals surface area contributed by atoms with Gasteiger partial charge in [-0.3, -0.25) is 0 Å². The molecule has 0 atom stereocenters. The van der Waals surface area contributed by atoms with Gasteiger partial charge in [0.25, 0.3) is 0 Å². The Bertz CT molecular complexity index is 2780. The van der Waals surface area contributed by atoms with E-state index in [0.717, 1.165) is 87.6 Å². The molecule has 0 saturated carbocycles. The molecule has 310 valence electrons. The first kappa shape index (κ1) is 39.9. The van der Waals surface area contributed by atoms with Crippen LogP contribution in [0.25, 0.3) is 87.6 Å². The van der Waals surface area contributed by atoms with Crippen molar-refractivity contribution in [2.75, 3.05) is 56.9 Å². The Kier molecular flexibility index (Phi) is 10.6. The minimum atomic E-state index is 0.627. The minimum Gasteiger partial charge on any atom is -0.493 e. The Hall–Kier alpha value is -7.58. The second-order valence-corrected chi connectivity index (χ2v) is 14.8. The van der Waals surface area contributed by atoms with Crippen molar-refractivity contribution in [3.8, 4) is 90.5 Å². The highest BCUT2D eigenvalue weighted by atomic mass is 16.5. The van der Waals surface area contributed by atoms with Crippen molar-refractivity contribution in [2.24, 2.45) is 0 Å². The number of fused-ring (bicyclic) bond motifs is 4. The molecule has 0 radical (unpaired) electrons. The zero-order valence-electron chi connectivity index (χ0n) is 36.0. The summed E-state index contributed by atoms with van der Waals surface area (Å²) in [7, 11) is 13.3. The molecule has 0 aliphatic carbocycles. The number of benzene rings is 9. The maximum Gasteiger partial charge on any atom is 0.161 e. The first-order chi connectivity index (χ1) is 30.4. The summed E-state index contributed by atoms with van der Waals surface area (Å²) in [6.07, 6.45) is 0. The Morgan fingerprint density at radius 3 is 0.532 bits per heavy atom. The molecule has 0 fully saturated rings. The molecule has 9 aromatic carbocycles. The fourth-order valence-electron chi connectivity index (χ4n) is 9.01. The third-order valence-electron chi connectivity index (χ3n) is 11.8. The van der Waals surface area contributed by atoms with Gasteiger partial charge >= 0.3 is 0 Å². The molecule has 0 unspecified atom stereocenters. The smallest absolute Gasteiger partial charge is 0.161 e. The van der Waals surface area contributed by atoms with Crippen molar-refractivity contribution in [2.45, 2.75) is 0 Å². The molecular weight excluding hydrogens is 777 g/mol. The van der Waals surface area contributed by atoms with Crippen LogP contribution in [-0.2, 0) is 0 Å². The van der Waals surface area contributed by atoms with Crippen LogP contribution in [0.1, 0.15) is 0 Å². The van der Waals surface area contributed by atoms with E-state index in [1.54, 1.807) is 56.9 Å². The minimum absolute atomic E-state index is 0.627. The lowest BCUT2D eigenvalue weighted by Crippen LogP contribution is -1.98.